The van der Waals surface area contributed by atoms with E-state index >= 15 is 0 Å². The van der Waals surface area contributed by atoms with Crippen LogP contribution in [-0.2, 0) is 14.2 Å². The van der Waals surface area contributed by atoms with Crippen LogP contribution in [0.1, 0.15) is 164 Å². The van der Waals surface area contributed by atoms with Gasteiger partial charge in [0.1, 0.15) is 0 Å². The maximum Gasteiger partial charge on any atom is 0.0640 e. The van der Waals surface area contributed by atoms with Crippen molar-refractivity contribution >= 4 is 0 Å². The molecular weight excluding hydrogens is 566 g/mol. The molecule has 0 aromatic rings. The van der Waals surface area contributed by atoms with E-state index in [1.807, 2.05) is 0 Å². The van der Waals surface area contributed by atoms with Gasteiger partial charge in [-0.3, -0.25) is 0 Å². The molecule has 0 bridgehead atoms. The van der Waals surface area contributed by atoms with Crippen molar-refractivity contribution in [3.8, 4) is 0 Å². The van der Waals surface area contributed by atoms with Gasteiger partial charge in [-0.15, -0.1) is 0 Å². The lowest BCUT2D eigenvalue weighted by atomic mass is 9.47. The Bertz CT molecular complexity index is 888. The first-order valence-corrected chi connectivity index (χ1v) is 20.4. The van der Waals surface area contributed by atoms with Crippen molar-refractivity contribution in [1.29, 1.82) is 0 Å². The monoisotopic (exact) mass is 644 g/mol. The van der Waals surface area contributed by atoms with E-state index in [-0.39, 0.29) is 6.04 Å². The lowest BCUT2D eigenvalue weighted by Crippen LogP contribution is -2.51. The summed E-state index contributed by atoms with van der Waals surface area (Å²) in [5, 5.41) is 0. The molecule has 4 aliphatic carbocycles. The molecule has 3 saturated carbocycles. The van der Waals surface area contributed by atoms with E-state index < -0.39 is 0 Å². The second-order valence-electron chi connectivity index (χ2n) is 17.4. The highest BCUT2D eigenvalue weighted by molar-refractivity contribution is 5.25. The summed E-state index contributed by atoms with van der Waals surface area (Å²) in [5.41, 5.74) is 8.93. The quantitative estimate of drug-likeness (QED) is 0.0942. The number of fused-ring (bicyclic) bond motifs is 5. The topological polar surface area (TPSA) is 53.7 Å². The molecule has 0 aliphatic heterocycles. The zero-order valence-electron chi connectivity index (χ0n) is 31.5. The smallest absolute Gasteiger partial charge is 0.0640 e. The molecule has 9 atom stereocenters. The first-order chi connectivity index (χ1) is 22.2. The summed E-state index contributed by atoms with van der Waals surface area (Å²) >= 11 is 0. The third-order valence-corrected chi connectivity index (χ3v) is 13.6. The minimum atomic E-state index is -0.0209. The molecule has 0 aromatic carbocycles. The number of hydrogen-bond donors (Lipinski definition) is 1. The Balaban J connectivity index is 1.10. The Morgan fingerprint density at radius 1 is 0.783 bits per heavy atom. The van der Waals surface area contributed by atoms with Crippen LogP contribution < -0.4 is 5.73 Å². The Morgan fingerprint density at radius 2 is 1.48 bits per heavy atom. The fourth-order valence-electron chi connectivity index (χ4n) is 10.9. The second-order valence-corrected chi connectivity index (χ2v) is 17.4. The summed E-state index contributed by atoms with van der Waals surface area (Å²) < 4.78 is 18.1. The van der Waals surface area contributed by atoms with Crippen LogP contribution in [0.25, 0.3) is 0 Å². The average molecular weight is 644 g/mol. The van der Waals surface area contributed by atoms with Crippen molar-refractivity contribution in [3.05, 3.63) is 11.6 Å². The molecule has 0 amide bonds. The first kappa shape index (κ1) is 38.4. The van der Waals surface area contributed by atoms with Crippen molar-refractivity contribution in [3.63, 3.8) is 0 Å². The molecule has 4 nitrogen and oxygen atoms in total. The summed E-state index contributed by atoms with van der Waals surface area (Å²) in [7, 11) is 0. The van der Waals surface area contributed by atoms with Gasteiger partial charge in [-0.1, -0.05) is 105 Å². The van der Waals surface area contributed by atoms with Gasteiger partial charge in [-0.25, -0.2) is 0 Å². The highest BCUT2D eigenvalue weighted by atomic mass is 16.5. The van der Waals surface area contributed by atoms with Crippen LogP contribution in [-0.4, -0.2) is 45.2 Å². The number of allylic oxidation sites excluding steroid dienone is 1. The number of rotatable bonds is 22. The van der Waals surface area contributed by atoms with Crippen LogP contribution in [0.15, 0.2) is 11.6 Å². The minimum absolute atomic E-state index is 0.0209. The molecule has 4 heteroatoms. The van der Waals surface area contributed by atoms with Gasteiger partial charge < -0.3 is 19.9 Å². The van der Waals surface area contributed by atoms with Crippen LogP contribution in [0.5, 0.6) is 0 Å². The van der Waals surface area contributed by atoms with Crippen molar-refractivity contribution in [1.82, 2.24) is 0 Å². The minimum Gasteiger partial charge on any atom is -0.380 e. The molecule has 2 unspecified atom stereocenters. The maximum absolute atomic E-state index is 6.48. The summed E-state index contributed by atoms with van der Waals surface area (Å²) in [6.45, 7) is 18.6. The van der Waals surface area contributed by atoms with Gasteiger partial charge in [0.15, 0.2) is 0 Å². The number of nitrogens with two attached hydrogens (primary N) is 1. The van der Waals surface area contributed by atoms with Crippen LogP contribution in [0, 0.1) is 46.3 Å². The van der Waals surface area contributed by atoms with Crippen molar-refractivity contribution in [2.45, 2.75) is 176 Å². The number of hydrogen-bond acceptors (Lipinski definition) is 4. The van der Waals surface area contributed by atoms with Gasteiger partial charge in [0.25, 0.3) is 0 Å². The largest absolute Gasteiger partial charge is 0.380 e. The molecule has 0 spiro atoms. The fraction of sp³-hybridized carbons (Fsp3) is 0.952. The lowest BCUT2D eigenvalue weighted by Gasteiger charge is -2.58. The normalized spacial score (nSPS) is 33.7. The van der Waals surface area contributed by atoms with Crippen molar-refractivity contribution in [2.24, 2.45) is 52.1 Å². The van der Waals surface area contributed by atoms with E-state index in [9.17, 15) is 0 Å². The third-order valence-electron chi connectivity index (χ3n) is 13.6. The molecular formula is C42H77NO3. The van der Waals surface area contributed by atoms with Gasteiger partial charge >= 0.3 is 0 Å². The van der Waals surface area contributed by atoms with E-state index in [1.165, 1.54) is 103 Å². The molecule has 0 aromatic heterocycles. The summed E-state index contributed by atoms with van der Waals surface area (Å²) in [5.74, 6) is 5.44. The van der Waals surface area contributed by atoms with E-state index in [2.05, 4.69) is 47.6 Å². The maximum atomic E-state index is 6.48. The Morgan fingerprint density at radius 3 is 2.22 bits per heavy atom. The van der Waals surface area contributed by atoms with Gasteiger partial charge in [0.05, 0.1) is 25.4 Å². The standard InChI is InChI=1S/C42H77NO3/c1-7-8-9-10-11-12-26-44-30-35(43)31-45-27-13-14-28-46-36-22-24-41(5)34(29-36)18-19-37-39-21-20-38(33(4)17-15-16-32(2)3)42(39,6)25-23-40(37)41/h18,32-33,35-40H,7-17,19-31,43H2,1-6H3/t33-,35+,36+,37+,38-,39?,40?,41+,42-/m1/s1. The zero-order chi connectivity index (χ0) is 33.0. The second kappa shape index (κ2) is 19.1. The average Bonchev–Trinajstić information content (AvgIpc) is 3.39. The molecule has 4 aliphatic rings. The van der Waals surface area contributed by atoms with Gasteiger partial charge in [-0.2, -0.15) is 0 Å². The van der Waals surface area contributed by atoms with Crippen molar-refractivity contribution in [2.75, 3.05) is 33.0 Å². The van der Waals surface area contributed by atoms with Crippen LogP contribution in [0.2, 0.25) is 0 Å². The lowest BCUT2D eigenvalue weighted by molar-refractivity contribution is -0.0643. The Hall–Kier alpha value is -0.420. The van der Waals surface area contributed by atoms with Gasteiger partial charge in [0, 0.05) is 19.8 Å². The molecule has 46 heavy (non-hydrogen) atoms. The Kier molecular flexibility index (Phi) is 15.9. The SMILES string of the molecule is CCCCCCCCOC[C@H](N)COCCCCO[C@H]1CC[C@@]2(C)C(=CC[C@@H]3C2CC[C@@]2(C)C3CC[C@@H]2[C@H](C)CCCC(C)C)C1. The predicted octanol–water partition coefficient (Wildman–Crippen LogP) is 10.9. The summed E-state index contributed by atoms with van der Waals surface area (Å²) in [4.78, 5) is 0. The fourth-order valence-corrected chi connectivity index (χ4v) is 10.9. The molecule has 0 saturated heterocycles. The van der Waals surface area contributed by atoms with E-state index in [0.29, 0.717) is 30.1 Å². The zero-order valence-corrected chi connectivity index (χ0v) is 31.5. The van der Waals surface area contributed by atoms with Gasteiger partial charge in [-0.05, 0) is 117 Å². The highest BCUT2D eigenvalue weighted by Gasteiger charge is 2.59. The number of ether oxygens (including phenoxy) is 3. The van der Waals surface area contributed by atoms with Gasteiger partial charge in [0.2, 0.25) is 0 Å². The van der Waals surface area contributed by atoms with Crippen LogP contribution in [0.4, 0.5) is 0 Å². The molecule has 268 valence electrons. The predicted molar refractivity (Wildman–Crippen MR) is 195 cm³/mol. The third kappa shape index (κ3) is 10.3. The first-order valence-electron chi connectivity index (χ1n) is 20.4. The molecule has 0 heterocycles. The highest BCUT2D eigenvalue weighted by Crippen LogP contribution is 2.67. The van der Waals surface area contributed by atoms with Crippen LogP contribution in [0.3, 0.4) is 0 Å². The van der Waals surface area contributed by atoms with E-state index in [0.717, 1.165) is 74.6 Å². The van der Waals surface area contributed by atoms with E-state index in [1.54, 1.807) is 5.57 Å². The molecule has 0 radical (unpaired) electrons. The number of unbranched alkanes of at least 4 members (excludes halogenated alkanes) is 6. The molecule has 4 rings (SSSR count). The summed E-state index contributed by atoms with van der Waals surface area (Å²) in [6.07, 6.45) is 28.2. The summed E-state index contributed by atoms with van der Waals surface area (Å²) in [6, 6.07) is -0.0209. The van der Waals surface area contributed by atoms with Crippen molar-refractivity contribution < 1.29 is 14.2 Å². The molecule has 3 fully saturated rings. The molecule has 2 N–H and O–H groups in total. The van der Waals surface area contributed by atoms with E-state index in [4.69, 9.17) is 19.9 Å². The Labute approximate surface area is 286 Å². The van der Waals surface area contributed by atoms with Crippen LogP contribution >= 0.6 is 0 Å².